The van der Waals surface area contributed by atoms with Gasteiger partial charge in [-0.1, -0.05) is 32.0 Å². The number of ether oxygens (including phenoxy) is 1. The summed E-state index contributed by atoms with van der Waals surface area (Å²) in [6.07, 6.45) is 2.90. The van der Waals surface area contributed by atoms with Gasteiger partial charge < -0.3 is 4.74 Å². The minimum absolute atomic E-state index is 0.284. The second kappa shape index (κ2) is 7.23. The number of carbonyl (C=O) groups is 1. The molecular formula is C25H24N4O2. The zero-order chi connectivity index (χ0) is 21.7. The summed E-state index contributed by atoms with van der Waals surface area (Å²) in [5, 5.41) is 0.744. The van der Waals surface area contributed by atoms with E-state index in [2.05, 4.69) is 43.4 Å². The predicted octanol–water partition coefficient (Wildman–Crippen LogP) is 5.32. The molecule has 0 saturated carbocycles. The molecule has 0 spiro atoms. The van der Waals surface area contributed by atoms with Crippen LogP contribution in [-0.2, 0) is 11.2 Å². The lowest BCUT2D eigenvalue weighted by molar-refractivity contribution is -0.133. The normalized spacial score (nSPS) is 11.6. The van der Waals surface area contributed by atoms with Gasteiger partial charge in [-0.05, 0) is 49.2 Å². The van der Waals surface area contributed by atoms with Crippen LogP contribution in [-0.4, -0.2) is 24.9 Å². The number of esters is 1. The summed E-state index contributed by atoms with van der Waals surface area (Å²) in [5.41, 5.74) is 6.76. The van der Waals surface area contributed by atoms with Crippen LogP contribution in [0.2, 0.25) is 0 Å². The molecule has 3 aromatic heterocycles. The average molecular weight is 412 g/mol. The molecule has 0 amide bonds. The Bertz CT molecular complexity index is 1480. The first kappa shape index (κ1) is 19.3. The number of benzene rings is 2. The number of fused-ring (bicyclic) bond motifs is 5. The molecule has 0 radical (unpaired) electrons. The number of aromatic nitrogens is 4. The highest BCUT2D eigenvalue weighted by Gasteiger charge is 2.22. The van der Waals surface area contributed by atoms with E-state index in [1.54, 1.807) is 6.92 Å². The Kier molecular flexibility index (Phi) is 4.50. The van der Waals surface area contributed by atoms with E-state index >= 15 is 0 Å². The fourth-order valence-electron chi connectivity index (χ4n) is 4.00. The van der Waals surface area contributed by atoms with E-state index in [4.69, 9.17) is 14.7 Å². The standard InChI is InChI=1S/C25H24N4O2/c1-5-21-27-24-23(25-26-18-9-7-8-10-19(18)29(21)25)20(31-22(30)6-2)14-28(24)17-12-11-15(3)16(4)13-17/h7-14H,5-6H2,1-4H3. The van der Waals surface area contributed by atoms with Crippen LogP contribution in [0, 0.1) is 13.8 Å². The van der Waals surface area contributed by atoms with Gasteiger partial charge in [-0.2, -0.15) is 0 Å². The summed E-state index contributed by atoms with van der Waals surface area (Å²) in [6.45, 7) is 8.06. The third-order valence-electron chi connectivity index (χ3n) is 5.82. The molecule has 0 unspecified atom stereocenters. The molecule has 5 aromatic rings. The van der Waals surface area contributed by atoms with Crippen LogP contribution in [0.4, 0.5) is 0 Å². The van der Waals surface area contributed by atoms with Crippen molar-refractivity contribution < 1.29 is 9.53 Å². The van der Waals surface area contributed by atoms with Crippen molar-refractivity contribution in [1.29, 1.82) is 0 Å². The topological polar surface area (TPSA) is 61.4 Å². The van der Waals surface area contributed by atoms with Crippen LogP contribution in [0.3, 0.4) is 0 Å². The Morgan fingerprint density at radius 1 is 1.00 bits per heavy atom. The lowest BCUT2D eigenvalue weighted by Crippen LogP contribution is -2.06. The Hall–Kier alpha value is -3.67. The summed E-state index contributed by atoms with van der Waals surface area (Å²) < 4.78 is 9.83. The Balaban J connectivity index is 1.92. The summed E-state index contributed by atoms with van der Waals surface area (Å²) >= 11 is 0. The molecule has 0 aliphatic heterocycles. The maximum Gasteiger partial charge on any atom is 0.310 e. The van der Waals surface area contributed by atoms with Crippen molar-refractivity contribution in [1.82, 2.24) is 18.9 Å². The number of carbonyl (C=O) groups excluding carboxylic acids is 1. The number of para-hydroxylation sites is 2. The molecule has 0 saturated heterocycles. The first-order valence-corrected chi connectivity index (χ1v) is 10.6. The van der Waals surface area contributed by atoms with Crippen molar-refractivity contribution in [3.8, 4) is 11.4 Å². The molecule has 2 aromatic carbocycles. The Labute approximate surface area is 180 Å². The van der Waals surface area contributed by atoms with E-state index in [0.29, 0.717) is 12.2 Å². The molecule has 31 heavy (non-hydrogen) atoms. The molecule has 0 aliphatic carbocycles. The smallest absolute Gasteiger partial charge is 0.310 e. The van der Waals surface area contributed by atoms with Crippen molar-refractivity contribution in [2.45, 2.75) is 40.5 Å². The van der Waals surface area contributed by atoms with E-state index in [1.165, 1.54) is 11.1 Å². The van der Waals surface area contributed by atoms with E-state index in [9.17, 15) is 4.79 Å². The average Bonchev–Trinajstić information content (AvgIpc) is 3.33. The molecule has 156 valence electrons. The summed E-state index contributed by atoms with van der Waals surface area (Å²) in [5.74, 6) is 1.11. The van der Waals surface area contributed by atoms with Gasteiger partial charge in [-0.25, -0.2) is 9.97 Å². The first-order chi connectivity index (χ1) is 15.0. The molecule has 5 rings (SSSR count). The van der Waals surface area contributed by atoms with Gasteiger partial charge in [0.2, 0.25) is 0 Å². The lowest BCUT2D eigenvalue weighted by atomic mass is 10.1. The third kappa shape index (κ3) is 2.98. The molecular weight excluding hydrogens is 388 g/mol. The number of hydrogen-bond donors (Lipinski definition) is 0. The van der Waals surface area contributed by atoms with Gasteiger partial charge in [-0.3, -0.25) is 13.8 Å². The molecule has 3 heterocycles. The van der Waals surface area contributed by atoms with Gasteiger partial charge in [0, 0.05) is 18.5 Å². The monoisotopic (exact) mass is 412 g/mol. The van der Waals surface area contributed by atoms with Gasteiger partial charge in [0.25, 0.3) is 0 Å². The molecule has 0 atom stereocenters. The largest absolute Gasteiger partial charge is 0.424 e. The van der Waals surface area contributed by atoms with Gasteiger partial charge in [0.05, 0.1) is 17.2 Å². The fraction of sp³-hybridized carbons (Fsp3) is 0.240. The Morgan fingerprint density at radius 2 is 1.81 bits per heavy atom. The molecule has 0 aliphatic rings. The second-order valence-electron chi connectivity index (χ2n) is 7.80. The molecule has 6 nitrogen and oxygen atoms in total. The van der Waals surface area contributed by atoms with Gasteiger partial charge >= 0.3 is 5.97 Å². The quantitative estimate of drug-likeness (QED) is 0.375. The van der Waals surface area contributed by atoms with Gasteiger partial charge in [0.15, 0.2) is 17.0 Å². The molecule has 0 fully saturated rings. The first-order valence-electron chi connectivity index (χ1n) is 10.6. The minimum atomic E-state index is -0.284. The summed E-state index contributed by atoms with van der Waals surface area (Å²) in [7, 11) is 0. The van der Waals surface area contributed by atoms with Crippen LogP contribution in [0.1, 0.15) is 37.2 Å². The lowest BCUT2D eigenvalue weighted by Gasteiger charge is -2.09. The van der Waals surface area contributed by atoms with Gasteiger partial charge in [0.1, 0.15) is 11.2 Å². The molecule has 0 N–H and O–H groups in total. The van der Waals surface area contributed by atoms with Gasteiger partial charge in [-0.15, -0.1) is 0 Å². The zero-order valence-corrected chi connectivity index (χ0v) is 18.1. The maximum atomic E-state index is 12.2. The van der Waals surface area contributed by atoms with E-state index in [-0.39, 0.29) is 5.97 Å². The SMILES string of the molecule is CCC(=O)Oc1cn(-c2ccc(C)c(C)c2)c2nc(CC)n3c4ccccc4nc3c12. The van der Waals surface area contributed by atoms with Crippen molar-refractivity contribution in [3.63, 3.8) is 0 Å². The van der Waals surface area contributed by atoms with Crippen LogP contribution >= 0.6 is 0 Å². The fourth-order valence-corrected chi connectivity index (χ4v) is 4.00. The van der Waals surface area contributed by atoms with Crippen molar-refractivity contribution in [2.24, 2.45) is 0 Å². The number of hydrogen-bond acceptors (Lipinski definition) is 4. The summed E-state index contributed by atoms with van der Waals surface area (Å²) in [4.78, 5) is 22.1. The van der Waals surface area contributed by atoms with Crippen LogP contribution < -0.4 is 4.74 Å². The highest BCUT2D eigenvalue weighted by molar-refractivity contribution is 6.01. The molecule has 6 heteroatoms. The number of nitrogens with zero attached hydrogens (tertiary/aromatic N) is 4. The number of imidazole rings is 1. The maximum absolute atomic E-state index is 12.2. The van der Waals surface area contributed by atoms with Crippen LogP contribution in [0.5, 0.6) is 5.75 Å². The van der Waals surface area contributed by atoms with E-state index in [1.807, 2.05) is 35.0 Å². The van der Waals surface area contributed by atoms with E-state index in [0.717, 1.165) is 45.6 Å². The molecule has 0 bridgehead atoms. The van der Waals surface area contributed by atoms with Crippen molar-refractivity contribution in [3.05, 3.63) is 65.6 Å². The highest BCUT2D eigenvalue weighted by atomic mass is 16.5. The zero-order valence-electron chi connectivity index (χ0n) is 18.1. The van der Waals surface area contributed by atoms with E-state index < -0.39 is 0 Å². The van der Waals surface area contributed by atoms with Crippen LogP contribution in [0.25, 0.3) is 33.4 Å². The van der Waals surface area contributed by atoms with Crippen molar-refractivity contribution >= 4 is 33.7 Å². The minimum Gasteiger partial charge on any atom is -0.424 e. The van der Waals surface area contributed by atoms with Crippen LogP contribution in [0.15, 0.2) is 48.7 Å². The highest BCUT2D eigenvalue weighted by Crippen LogP contribution is 2.35. The second-order valence-corrected chi connectivity index (χ2v) is 7.80. The predicted molar refractivity (Wildman–Crippen MR) is 122 cm³/mol. The third-order valence-corrected chi connectivity index (χ3v) is 5.82. The summed E-state index contributed by atoms with van der Waals surface area (Å²) in [6, 6.07) is 14.3. The number of rotatable bonds is 4. The Morgan fingerprint density at radius 3 is 2.55 bits per heavy atom. The number of aryl methyl sites for hydroxylation is 3. The van der Waals surface area contributed by atoms with Crippen molar-refractivity contribution in [2.75, 3.05) is 0 Å².